The predicted octanol–water partition coefficient (Wildman–Crippen LogP) is 3.49. The molecule has 0 saturated heterocycles. The van der Waals surface area contributed by atoms with Crippen LogP contribution in [-0.4, -0.2) is 28.2 Å². The minimum atomic E-state index is -6.20. The van der Waals surface area contributed by atoms with Crippen LogP contribution < -0.4 is 0 Å². The van der Waals surface area contributed by atoms with Crippen molar-refractivity contribution >= 4 is 18.4 Å². The molecule has 0 saturated carbocycles. The van der Waals surface area contributed by atoms with Crippen LogP contribution in [0.15, 0.2) is 0 Å². The van der Waals surface area contributed by atoms with E-state index in [1.54, 1.807) is 0 Å². The van der Waals surface area contributed by atoms with Crippen LogP contribution in [0.4, 0.5) is 22.0 Å². The van der Waals surface area contributed by atoms with Crippen LogP contribution >= 0.6 is 0 Å². The van der Waals surface area contributed by atoms with Crippen LogP contribution in [0.1, 0.15) is 20.8 Å². The van der Waals surface area contributed by atoms with Crippen molar-refractivity contribution in [2.75, 3.05) is 0 Å². The number of halogens is 5. The maximum atomic E-state index is 12.8. The van der Waals surface area contributed by atoms with Gasteiger partial charge in [0.2, 0.25) is 8.32 Å². The standard InChI is InChI=1S/C8H15F5O3SSi/c1-6(2,3)18(4,5)16-17(14,15)8(12,13)7(9,10)11/h1-5H3. The van der Waals surface area contributed by atoms with E-state index in [-0.39, 0.29) is 0 Å². The number of hydrogen-bond acceptors (Lipinski definition) is 3. The molecule has 0 rings (SSSR count). The van der Waals surface area contributed by atoms with Gasteiger partial charge in [0.15, 0.2) is 0 Å². The maximum absolute atomic E-state index is 12.8. The average Bonchev–Trinajstić information content (AvgIpc) is 1.96. The van der Waals surface area contributed by atoms with Gasteiger partial charge in [0, 0.05) is 0 Å². The molecule has 0 N–H and O–H groups in total. The van der Waals surface area contributed by atoms with Gasteiger partial charge >= 0.3 is 21.5 Å². The predicted molar refractivity (Wildman–Crippen MR) is 58.2 cm³/mol. The Morgan fingerprint density at radius 2 is 1.28 bits per heavy atom. The van der Waals surface area contributed by atoms with Gasteiger partial charge in [-0.15, -0.1) is 0 Å². The van der Waals surface area contributed by atoms with Gasteiger partial charge in [-0.2, -0.15) is 30.4 Å². The van der Waals surface area contributed by atoms with Gasteiger partial charge < -0.3 is 3.87 Å². The molecule has 0 aromatic heterocycles. The lowest BCUT2D eigenvalue weighted by atomic mass is 10.2. The zero-order valence-electron chi connectivity index (χ0n) is 10.5. The lowest BCUT2D eigenvalue weighted by Crippen LogP contribution is -2.51. The summed E-state index contributed by atoms with van der Waals surface area (Å²) in [6.45, 7) is 7.06. The van der Waals surface area contributed by atoms with Crippen molar-refractivity contribution < 1.29 is 34.2 Å². The van der Waals surface area contributed by atoms with Crippen LogP contribution in [0.3, 0.4) is 0 Å². The van der Waals surface area contributed by atoms with Gasteiger partial charge in [-0.25, -0.2) is 0 Å². The number of hydrogen-bond donors (Lipinski definition) is 0. The molecule has 0 aromatic rings. The molecular formula is C8H15F5O3SSi. The Balaban J connectivity index is 5.49. The molecule has 0 radical (unpaired) electrons. The van der Waals surface area contributed by atoms with E-state index < -0.39 is 34.9 Å². The summed E-state index contributed by atoms with van der Waals surface area (Å²) in [7, 11) is -9.35. The molecule has 0 spiro atoms. The highest BCUT2D eigenvalue weighted by molar-refractivity contribution is 7.88. The van der Waals surface area contributed by atoms with Crippen LogP contribution in [0.5, 0.6) is 0 Å². The van der Waals surface area contributed by atoms with Crippen molar-refractivity contribution in [3.63, 3.8) is 0 Å². The highest BCUT2D eigenvalue weighted by atomic mass is 32.2. The van der Waals surface area contributed by atoms with Gasteiger partial charge in [0.25, 0.3) is 0 Å². The van der Waals surface area contributed by atoms with E-state index in [1.165, 1.54) is 33.9 Å². The fourth-order valence-corrected chi connectivity index (χ4v) is 4.49. The second-order valence-electron chi connectivity index (χ2n) is 5.31. The molecule has 10 heteroatoms. The summed E-state index contributed by atoms with van der Waals surface area (Å²) >= 11 is 0. The molecule has 0 aliphatic rings. The smallest absolute Gasteiger partial charge is 0.310 e. The molecule has 0 aromatic carbocycles. The van der Waals surface area contributed by atoms with Crippen molar-refractivity contribution in [1.29, 1.82) is 0 Å². The topological polar surface area (TPSA) is 43.4 Å². The zero-order chi connectivity index (χ0) is 15.2. The van der Waals surface area contributed by atoms with Gasteiger partial charge in [0.1, 0.15) is 0 Å². The number of alkyl halides is 5. The Kier molecular flexibility index (Phi) is 4.35. The van der Waals surface area contributed by atoms with E-state index in [0.29, 0.717) is 0 Å². The average molecular weight is 314 g/mol. The van der Waals surface area contributed by atoms with E-state index in [9.17, 15) is 30.4 Å². The van der Waals surface area contributed by atoms with E-state index in [2.05, 4.69) is 3.87 Å². The Labute approximate surface area is 104 Å². The molecule has 3 nitrogen and oxygen atoms in total. The fourth-order valence-electron chi connectivity index (χ4n) is 0.593. The van der Waals surface area contributed by atoms with Crippen LogP contribution in [0.2, 0.25) is 18.1 Å². The van der Waals surface area contributed by atoms with E-state index >= 15 is 0 Å². The summed E-state index contributed by atoms with van der Waals surface area (Å²) in [5.41, 5.74) is 0. The van der Waals surface area contributed by atoms with E-state index in [0.717, 1.165) is 0 Å². The lowest BCUT2D eigenvalue weighted by molar-refractivity contribution is -0.243. The molecule has 0 amide bonds. The molecule has 110 valence electrons. The van der Waals surface area contributed by atoms with E-state index in [4.69, 9.17) is 0 Å². The first-order valence-electron chi connectivity index (χ1n) is 4.85. The maximum Gasteiger partial charge on any atom is 0.472 e. The van der Waals surface area contributed by atoms with Crippen LogP contribution in [0.25, 0.3) is 0 Å². The third-order valence-corrected chi connectivity index (χ3v) is 9.78. The van der Waals surface area contributed by atoms with Crippen molar-refractivity contribution in [2.24, 2.45) is 0 Å². The van der Waals surface area contributed by atoms with Crippen molar-refractivity contribution in [3.8, 4) is 0 Å². The summed E-state index contributed by atoms with van der Waals surface area (Å²) in [4.78, 5) is 0. The quantitative estimate of drug-likeness (QED) is 0.591. The summed E-state index contributed by atoms with van der Waals surface area (Å²) in [6, 6.07) is 0. The normalized spacial score (nSPS) is 15.9. The second kappa shape index (κ2) is 4.41. The Morgan fingerprint density at radius 3 is 1.50 bits per heavy atom. The third-order valence-electron chi connectivity index (χ3n) is 2.77. The Hall–Kier alpha value is -0.223. The highest BCUT2D eigenvalue weighted by Gasteiger charge is 2.69. The monoisotopic (exact) mass is 314 g/mol. The summed E-state index contributed by atoms with van der Waals surface area (Å²) in [5, 5.41) is -6.72. The minimum Gasteiger partial charge on any atom is -0.310 e. The Morgan fingerprint density at radius 1 is 0.944 bits per heavy atom. The molecule has 0 bridgehead atoms. The van der Waals surface area contributed by atoms with E-state index in [1.807, 2.05) is 0 Å². The first-order valence-corrected chi connectivity index (χ1v) is 9.17. The molecule has 0 fully saturated rings. The molecule has 0 aliphatic carbocycles. The highest BCUT2D eigenvalue weighted by Crippen LogP contribution is 2.45. The largest absolute Gasteiger partial charge is 0.472 e. The Bertz CT molecular complexity index is 407. The van der Waals surface area contributed by atoms with Crippen molar-refractivity contribution in [2.45, 2.75) is 50.3 Å². The molecule has 18 heavy (non-hydrogen) atoms. The van der Waals surface area contributed by atoms with Gasteiger partial charge in [-0.3, -0.25) is 0 Å². The summed E-state index contributed by atoms with van der Waals surface area (Å²) in [6.07, 6.45) is -6.20. The minimum absolute atomic E-state index is 0.818. The first-order chi connectivity index (χ1) is 7.46. The lowest BCUT2D eigenvalue weighted by Gasteiger charge is -2.36. The van der Waals surface area contributed by atoms with Gasteiger partial charge in [-0.1, -0.05) is 20.8 Å². The third kappa shape index (κ3) is 3.21. The van der Waals surface area contributed by atoms with Crippen molar-refractivity contribution in [3.05, 3.63) is 0 Å². The van der Waals surface area contributed by atoms with Crippen LogP contribution in [-0.2, 0) is 14.0 Å². The first kappa shape index (κ1) is 17.8. The molecule has 0 aliphatic heterocycles. The van der Waals surface area contributed by atoms with Crippen molar-refractivity contribution in [1.82, 2.24) is 0 Å². The fraction of sp³-hybridized carbons (Fsp3) is 1.00. The molecular weight excluding hydrogens is 299 g/mol. The molecule has 0 unspecified atom stereocenters. The van der Waals surface area contributed by atoms with Gasteiger partial charge in [-0.05, 0) is 18.1 Å². The molecule has 0 atom stereocenters. The summed E-state index contributed by atoms with van der Waals surface area (Å²) < 4.78 is 88.1. The SMILES string of the molecule is CC(C)(C)[Si](C)(C)OS(=O)(=O)C(F)(F)C(F)(F)F. The second-order valence-corrected chi connectivity index (χ2v) is 11.9. The summed E-state index contributed by atoms with van der Waals surface area (Å²) in [5.74, 6) is 0. The van der Waals surface area contributed by atoms with Gasteiger partial charge in [0.05, 0.1) is 0 Å². The molecule has 0 heterocycles. The zero-order valence-corrected chi connectivity index (χ0v) is 12.3. The van der Waals surface area contributed by atoms with Crippen LogP contribution in [0, 0.1) is 0 Å². The number of rotatable bonds is 3.